The molecule has 29 heavy (non-hydrogen) atoms. The lowest BCUT2D eigenvalue weighted by Crippen LogP contribution is -2.53. The zero-order valence-electron chi connectivity index (χ0n) is 16.7. The number of rotatable bonds is 6. The monoisotopic (exact) mass is 413 g/mol. The van der Waals surface area contributed by atoms with Crippen molar-refractivity contribution in [2.75, 3.05) is 32.7 Å². The molecule has 0 bridgehead atoms. The second-order valence-corrected chi connectivity index (χ2v) is 8.93. The molecule has 3 heterocycles. The van der Waals surface area contributed by atoms with Gasteiger partial charge in [-0.15, -0.1) is 11.3 Å². The Hall–Kier alpha value is -2.24. The molecule has 2 aliphatic rings. The molecule has 4 rings (SSSR count). The minimum Gasteiger partial charge on any atom is -0.339 e. The SMILES string of the molecule is N#CC1(C(=O)N2CCN(CCCc3nc(-c4cccs4)no3)CC2)CCCCC1. The van der Waals surface area contributed by atoms with E-state index >= 15 is 0 Å². The first-order valence-electron chi connectivity index (χ1n) is 10.5. The normalized spacial score (nSPS) is 19.8. The molecular formula is C21H27N5O2S. The third-order valence-electron chi connectivity index (χ3n) is 6.06. The van der Waals surface area contributed by atoms with Crippen LogP contribution in [0.4, 0.5) is 0 Å². The minimum absolute atomic E-state index is 0.0614. The van der Waals surface area contributed by atoms with E-state index < -0.39 is 5.41 Å². The number of carbonyl (C=O) groups excluding carboxylic acids is 1. The zero-order chi connectivity index (χ0) is 20.1. The van der Waals surface area contributed by atoms with Crippen LogP contribution in [0.15, 0.2) is 22.0 Å². The highest BCUT2D eigenvalue weighted by atomic mass is 32.1. The average Bonchev–Trinajstić information content (AvgIpc) is 3.46. The number of aryl methyl sites for hydroxylation is 1. The van der Waals surface area contributed by atoms with Gasteiger partial charge in [0.15, 0.2) is 0 Å². The molecule has 154 valence electrons. The summed E-state index contributed by atoms with van der Waals surface area (Å²) in [6.45, 7) is 4.09. The highest BCUT2D eigenvalue weighted by Gasteiger charge is 2.42. The molecule has 7 nitrogen and oxygen atoms in total. The quantitative estimate of drug-likeness (QED) is 0.722. The van der Waals surface area contributed by atoms with Crippen molar-refractivity contribution < 1.29 is 9.32 Å². The van der Waals surface area contributed by atoms with Crippen molar-refractivity contribution in [3.63, 3.8) is 0 Å². The largest absolute Gasteiger partial charge is 0.339 e. The van der Waals surface area contributed by atoms with Crippen LogP contribution in [0.2, 0.25) is 0 Å². The number of nitrogens with zero attached hydrogens (tertiary/aromatic N) is 5. The van der Waals surface area contributed by atoms with Crippen molar-refractivity contribution in [2.24, 2.45) is 5.41 Å². The fourth-order valence-corrected chi connectivity index (χ4v) is 4.97. The first kappa shape index (κ1) is 20.0. The number of carbonyl (C=O) groups is 1. The lowest BCUT2D eigenvalue weighted by atomic mass is 9.74. The fourth-order valence-electron chi connectivity index (χ4n) is 4.32. The molecule has 0 spiro atoms. The third-order valence-corrected chi connectivity index (χ3v) is 6.93. The van der Waals surface area contributed by atoms with Crippen molar-refractivity contribution in [3.8, 4) is 16.8 Å². The number of hydrogen-bond acceptors (Lipinski definition) is 7. The summed E-state index contributed by atoms with van der Waals surface area (Å²) < 4.78 is 5.36. The Kier molecular flexibility index (Phi) is 6.26. The topological polar surface area (TPSA) is 86.3 Å². The number of nitriles is 1. The molecule has 0 N–H and O–H groups in total. The van der Waals surface area contributed by atoms with Crippen LogP contribution in [0, 0.1) is 16.7 Å². The van der Waals surface area contributed by atoms with Crippen molar-refractivity contribution >= 4 is 17.2 Å². The standard InChI is InChI=1S/C21H27N5O2S/c22-16-21(8-2-1-3-9-21)20(27)26-13-11-25(12-14-26)10-4-7-18-23-19(24-28-18)17-6-5-15-29-17/h5-6,15H,1-4,7-14H2. The van der Waals surface area contributed by atoms with Gasteiger partial charge >= 0.3 is 0 Å². The Morgan fingerprint density at radius 1 is 1.24 bits per heavy atom. The van der Waals surface area contributed by atoms with Crippen LogP contribution in [0.1, 0.15) is 44.4 Å². The van der Waals surface area contributed by atoms with E-state index in [1.54, 1.807) is 11.3 Å². The Morgan fingerprint density at radius 3 is 2.72 bits per heavy atom. The van der Waals surface area contributed by atoms with Crippen LogP contribution < -0.4 is 0 Å². The van der Waals surface area contributed by atoms with Crippen molar-refractivity contribution in [1.82, 2.24) is 19.9 Å². The maximum Gasteiger partial charge on any atom is 0.243 e. The second kappa shape index (κ2) is 9.06. The predicted octanol–water partition coefficient (Wildman–Crippen LogP) is 3.35. The molecule has 1 aliphatic carbocycles. The molecule has 0 atom stereocenters. The van der Waals surface area contributed by atoms with Crippen molar-refractivity contribution in [3.05, 3.63) is 23.4 Å². The van der Waals surface area contributed by atoms with Gasteiger partial charge in [-0.05, 0) is 37.3 Å². The number of amides is 1. The van der Waals surface area contributed by atoms with Gasteiger partial charge in [-0.25, -0.2) is 0 Å². The zero-order valence-corrected chi connectivity index (χ0v) is 17.5. The van der Waals surface area contributed by atoms with E-state index in [0.717, 1.165) is 69.5 Å². The second-order valence-electron chi connectivity index (χ2n) is 7.98. The Labute approximate surface area is 175 Å². The first-order chi connectivity index (χ1) is 14.2. The van der Waals surface area contributed by atoms with Gasteiger partial charge in [0, 0.05) is 32.6 Å². The third kappa shape index (κ3) is 4.51. The molecule has 1 saturated heterocycles. The van der Waals surface area contributed by atoms with E-state index in [9.17, 15) is 10.1 Å². The van der Waals surface area contributed by atoms with Gasteiger partial charge in [0.25, 0.3) is 0 Å². The van der Waals surface area contributed by atoms with Gasteiger partial charge in [0.05, 0.1) is 10.9 Å². The van der Waals surface area contributed by atoms with Crippen LogP contribution in [0.25, 0.3) is 10.7 Å². The van der Waals surface area contributed by atoms with E-state index in [-0.39, 0.29) is 5.91 Å². The summed E-state index contributed by atoms with van der Waals surface area (Å²) in [5.74, 6) is 1.40. The maximum absolute atomic E-state index is 13.0. The molecule has 1 amide bonds. The van der Waals surface area contributed by atoms with Crippen molar-refractivity contribution in [1.29, 1.82) is 5.26 Å². The van der Waals surface area contributed by atoms with Gasteiger partial charge < -0.3 is 9.42 Å². The van der Waals surface area contributed by atoms with Crippen LogP contribution in [0.3, 0.4) is 0 Å². The Balaban J connectivity index is 1.21. The van der Waals surface area contributed by atoms with E-state index in [1.165, 1.54) is 0 Å². The van der Waals surface area contributed by atoms with Gasteiger partial charge in [-0.2, -0.15) is 10.2 Å². The molecule has 2 aromatic rings. The van der Waals surface area contributed by atoms with E-state index in [0.29, 0.717) is 24.8 Å². The van der Waals surface area contributed by atoms with Crippen LogP contribution in [0.5, 0.6) is 0 Å². The fraction of sp³-hybridized carbons (Fsp3) is 0.619. The van der Waals surface area contributed by atoms with Gasteiger partial charge in [0.2, 0.25) is 17.6 Å². The molecule has 8 heteroatoms. The Bertz CT molecular complexity index is 843. The van der Waals surface area contributed by atoms with Gasteiger partial charge in [0.1, 0.15) is 5.41 Å². The van der Waals surface area contributed by atoms with E-state index in [2.05, 4.69) is 21.1 Å². The number of hydrogen-bond donors (Lipinski definition) is 0. The molecule has 0 radical (unpaired) electrons. The molecule has 2 fully saturated rings. The van der Waals surface area contributed by atoms with Crippen LogP contribution in [-0.4, -0.2) is 58.6 Å². The highest BCUT2D eigenvalue weighted by Crippen LogP contribution is 2.37. The molecular weight excluding hydrogens is 386 g/mol. The molecule has 0 unspecified atom stereocenters. The van der Waals surface area contributed by atoms with E-state index in [1.807, 2.05) is 22.4 Å². The Morgan fingerprint density at radius 2 is 2.03 bits per heavy atom. The lowest BCUT2D eigenvalue weighted by Gasteiger charge is -2.39. The summed E-state index contributed by atoms with van der Waals surface area (Å²) in [4.78, 5) is 22.8. The summed E-state index contributed by atoms with van der Waals surface area (Å²) in [7, 11) is 0. The summed E-state index contributed by atoms with van der Waals surface area (Å²) in [6.07, 6.45) is 6.27. The smallest absolute Gasteiger partial charge is 0.243 e. The summed E-state index contributed by atoms with van der Waals surface area (Å²) in [6, 6.07) is 6.33. The summed E-state index contributed by atoms with van der Waals surface area (Å²) >= 11 is 1.60. The molecule has 1 aliphatic heterocycles. The number of thiophene rings is 1. The molecule has 2 aromatic heterocycles. The maximum atomic E-state index is 13.0. The average molecular weight is 414 g/mol. The van der Waals surface area contributed by atoms with E-state index in [4.69, 9.17) is 4.52 Å². The summed E-state index contributed by atoms with van der Waals surface area (Å²) in [5, 5.41) is 15.7. The van der Waals surface area contributed by atoms with Crippen LogP contribution >= 0.6 is 11.3 Å². The highest BCUT2D eigenvalue weighted by molar-refractivity contribution is 7.13. The van der Waals surface area contributed by atoms with Crippen LogP contribution in [-0.2, 0) is 11.2 Å². The minimum atomic E-state index is -0.765. The van der Waals surface area contributed by atoms with Gasteiger partial charge in [-0.1, -0.05) is 30.5 Å². The van der Waals surface area contributed by atoms with Gasteiger partial charge in [-0.3, -0.25) is 9.69 Å². The lowest BCUT2D eigenvalue weighted by molar-refractivity contribution is -0.142. The number of piperazine rings is 1. The molecule has 1 saturated carbocycles. The van der Waals surface area contributed by atoms with Crippen molar-refractivity contribution in [2.45, 2.75) is 44.9 Å². The first-order valence-corrected chi connectivity index (χ1v) is 11.4. The molecule has 0 aromatic carbocycles. The predicted molar refractivity (Wildman–Crippen MR) is 110 cm³/mol. The number of aromatic nitrogens is 2. The summed E-state index contributed by atoms with van der Waals surface area (Å²) in [5.41, 5.74) is -0.765.